The van der Waals surface area contributed by atoms with Crippen LogP contribution in [0.2, 0.25) is 0 Å². The molecule has 29 heavy (non-hydrogen) atoms. The van der Waals surface area contributed by atoms with E-state index < -0.39 is 10.0 Å². The Bertz CT molecular complexity index is 995. The maximum Gasteiger partial charge on any atom is 0.229 e. The van der Waals surface area contributed by atoms with E-state index in [0.29, 0.717) is 22.8 Å². The van der Waals surface area contributed by atoms with Crippen LogP contribution in [0.15, 0.2) is 46.6 Å². The fourth-order valence-corrected chi connectivity index (χ4v) is 3.90. The first-order chi connectivity index (χ1) is 13.7. The van der Waals surface area contributed by atoms with Crippen molar-refractivity contribution in [3.8, 4) is 0 Å². The number of sulfonamides is 1. The number of aliphatic hydroxyl groups excluding tert-OH is 1. The highest BCUT2D eigenvalue weighted by Crippen LogP contribution is 2.27. The predicted molar refractivity (Wildman–Crippen MR) is 114 cm³/mol. The third-order valence-corrected chi connectivity index (χ3v) is 5.34. The lowest BCUT2D eigenvalue weighted by atomic mass is 10.0. The second-order valence-electron chi connectivity index (χ2n) is 7.54. The standard InChI is InChI=1S/C19H28N6O3S/c1-13(2)25-18(20)17(12-21-25)22-15-8-7-14(11-16(15)23-29(3,27)28)19(26)24-9-5-4-6-10-24/h7-8,11-13,23,26H,4-6,9-10,20H2,1-3H3. The molecule has 4 N–H and O–H groups in total. The van der Waals surface area contributed by atoms with Crippen LogP contribution in [0.3, 0.4) is 0 Å². The molecule has 1 fully saturated rings. The van der Waals surface area contributed by atoms with E-state index in [1.807, 2.05) is 18.7 Å². The number of piperidine rings is 1. The van der Waals surface area contributed by atoms with Gasteiger partial charge in [0.1, 0.15) is 11.5 Å². The topological polar surface area (TPSA) is 126 Å². The molecule has 158 valence electrons. The van der Waals surface area contributed by atoms with Crippen LogP contribution in [0.4, 0.5) is 11.5 Å². The Morgan fingerprint density at radius 3 is 2.55 bits per heavy atom. The van der Waals surface area contributed by atoms with Gasteiger partial charge in [-0.15, -0.1) is 0 Å². The molecule has 1 aliphatic carbocycles. The molecule has 1 aromatic rings. The maximum absolute atomic E-state index is 11.9. The number of allylic oxidation sites excluding steroid dienone is 4. The number of nitrogen functional groups attached to an aromatic ring is 1. The zero-order chi connectivity index (χ0) is 21.2. The van der Waals surface area contributed by atoms with Gasteiger partial charge in [0.2, 0.25) is 10.0 Å². The van der Waals surface area contributed by atoms with Gasteiger partial charge < -0.3 is 15.7 Å². The molecule has 0 aromatic carbocycles. The van der Waals surface area contributed by atoms with Gasteiger partial charge in [0.05, 0.1) is 23.9 Å². The van der Waals surface area contributed by atoms with Gasteiger partial charge in [0.15, 0.2) is 5.88 Å². The number of rotatable bonds is 5. The number of aliphatic hydroxyl groups is 1. The van der Waals surface area contributed by atoms with Gasteiger partial charge in [-0.2, -0.15) is 5.10 Å². The number of aromatic nitrogens is 2. The summed E-state index contributed by atoms with van der Waals surface area (Å²) < 4.78 is 27.9. The molecule has 2 heterocycles. The van der Waals surface area contributed by atoms with Gasteiger partial charge >= 0.3 is 0 Å². The van der Waals surface area contributed by atoms with Crippen LogP contribution in [-0.4, -0.2) is 53.3 Å². The maximum atomic E-state index is 11.9. The van der Waals surface area contributed by atoms with Crippen molar-refractivity contribution in [2.75, 3.05) is 25.1 Å². The van der Waals surface area contributed by atoms with Crippen molar-refractivity contribution in [3.05, 3.63) is 41.6 Å². The Morgan fingerprint density at radius 2 is 1.97 bits per heavy atom. The first kappa shape index (κ1) is 21.0. The van der Waals surface area contributed by atoms with Gasteiger partial charge in [-0.25, -0.2) is 18.1 Å². The van der Waals surface area contributed by atoms with E-state index in [4.69, 9.17) is 5.73 Å². The van der Waals surface area contributed by atoms with Crippen molar-refractivity contribution >= 4 is 27.2 Å². The number of aliphatic imine (C=N–C) groups is 1. The summed E-state index contributed by atoms with van der Waals surface area (Å²) >= 11 is 0. The van der Waals surface area contributed by atoms with E-state index in [1.165, 1.54) is 0 Å². The molecule has 1 saturated heterocycles. The van der Waals surface area contributed by atoms with Crippen molar-refractivity contribution in [1.82, 2.24) is 19.4 Å². The van der Waals surface area contributed by atoms with Crippen LogP contribution in [0, 0.1) is 0 Å². The van der Waals surface area contributed by atoms with Crippen molar-refractivity contribution < 1.29 is 13.5 Å². The summed E-state index contributed by atoms with van der Waals surface area (Å²) in [6.07, 6.45) is 10.8. The zero-order valence-electron chi connectivity index (χ0n) is 17.0. The molecule has 0 amide bonds. The summed E-state index contributed by atoms with van der Waals surface area (Å²) in [5.74, 6) is 0.539. The lowest BCUT2D eigenvalue weighted by Gasteiger charge is -2.29. The number of nitrogens with two attached hydrogens (primary N) is 1. The minimum atomic E-state index is -3.54. The minimum Gasteiger partial charge on any atom is -0.494 e. The molecule has 0 atom stereocenters. The highest BCUT2D eigenvalue weighted by Gasteiger charge is 2.20. The molecular formula is C19H28N6O3S. The van der Waals surface area contributed by atoms with Gasteiger partial charge in [-0.3, -0.25) is 4.72 Å². The zero-order valence-corrected chi connectivity index (χ0v) is 17.8. The summed E-state index contributed by atoms with van der Waals surface area (Å²) in [5.41, 5.74) is 7.76. The molecule has 0 radical (unpaired) electrons. The Morgan fingerprint density at radius 1 is 1.28 bits per heavy atom. The summed E-state index contributed by atoms with van der Waals surface area (Å²) in [6.45, 7) is 5.46. The molecule has 0 saturated carbocycles. The Balaban J connectivity index is 1.99. The van der Waals surface area contributed by atoms with Gasteiger partial charge in [-0.1, -0.05) is 0 Å². The first-order valence-electron chi connectivity index (χ1n) is 9.63. The lowest BCUT2D eigenvalue weighted by Crippen LogP contribution is -2.31. The number of nitrogens with one attached hydrogen (secondary N) is 1. The quantitative estimate of drug-likeness (QED) is 0.628. The van der Waals surface area contributed by atoms with E-state index >= 15 is 0 Å². The number of hydrogen-bond donors (Lipinski definition) is 3. The van der Waals surface area contributed by atoms with Crippen molar-refractivity contribution in [2.24, 2.45) is 4.99 Å². The van der Waals surface area contributed by atoms with E-state index in [9.17, 15) is 13.5 Å². The van der Waals surface area contributed by atoms with E-state index in [-0.39, 0.29) is 17.6 Å². The third-order valence-electron chi connectivity index (χ3n) is 4.75. The molecular weight excluding hydrogens is 392 g/mol. The molecule has 0 spiro atoms. The SMILES string of the molecule is CC(C)n1ncc(N=C2C=CC(=C(O)N3CCCCC3)C=C2NS(C)(=O)=O)c1N. The monoisotopic (exact) mass is 420 g/mol. The van der Waals surface area contributed by atoms with Crippen molar-refractivity contribution in [1.29, 1.82) is 0 Å². The number of anilines is 1. The molecule has 0 bridgehead atoms. The van der Waals surface area contributed by atoms with E-state index in [2.05, 4.69) is 14.8 Å². The van der Waals surface area contributed by atoms with Crippen LogP contribution < -0.4 is 10.5 Å². The first-order valence-corrected chi connectivity index (χ1v) is 11.5. The largest absolute Gasteiger partial charge is 0.494 e. The average molecular weight is 421 g/mol. The number of hydrogen-bond acceptors (Lipinski definition) is 7. The van der Waals surface area contributed by atoms with Crippen molar-refractivity contribution in [2.45, 2.75) is 39.2 Å². The Labute approximate surface area is 171 Å². The molecule has 0 unspecified atom stereocenters. The Kier molecular flexibility index (Phi) is 6.02. The summed E-state index contributed by atoms with van der Waals surface area (Å²) in [7, 11) is -3.54. The summed E-state index contributed by atoms with van der Waals surface area (Å²) in [5, 5.41) is 14.9. The smallest absolute Gasteiger partial charge is 0.229 e. The fraction of sp³-hybridized carbons (Fsp3) is 0.474. The van der Waals surface area contributed by atoms with Crippen LogP contribution >= 0.6 is 0 Å². The minimum absolute atomic E-state index is 0.0750. The second kappa shape index (κ2) is 8.32. The van der Waals surface area contributed by atoms with Crippen molar-refractivity contribution in [3.63, 3.8) is 0 Å². The second-order valence-corrected chi connectivity index (χ2v) is 9.29. The lowest BCUT2D eigenvalue weighted by molar-refractivity contribution is 0.173. The van der Waals surface area contributed by atoms with E-state index in [1.54, 1.807) is 29.1 Å². The molecule has 1 aromatic heterocycles. The van der Waals surface area contributed by atoms with Gasteiger partial charge in [0, 0.05) is 24.7 Å². The molecule has 9 nitrogen and oxygen atoms in total. The predicted octanol–water partition coefficient (Wildman–Crippen LogP) is 2.38. The Hall–Kier alpha value is -2.75. The molecule has 10 heteroatoms. The van der Waals surface area contributed by atoms with Crippen LogP contribution in [0.1, 0.15) is 39.2 Å². The molecule has 3 rings (SSSR count). The van der Waals surface area contributed by atoms with Crippen LogP contribution in [0.5, 0.6) is 0 Å². The molecule has 2 aliphatic rings. The summed E-state index contributed by atoms with van der Waals surface area (Å²) in [4.78, 5) is 6.41. The fourth-order valence-electron chi connectivity index (χ4n) is 3.33. The van der Waals surface area contributed by atoms with Gasteiger partial charge in [0.25, 0.3) is 0 Å². The highest BCUT2D eigenvalue weighted by atomic mass is 32.2. The van der Waals surface area contributed by atoms with Gasteiger partial charge in [-0.05, 0) is 51.3 Å². The summed E-state index contributed by atoms with van der Waals surface area (Å²) in [6, 6.07) is 0.0750. The highest BCUT2D eigenvalue weighted by molar-refractivity contribution is 7.88. The van der Waals surface area contributed by atoms with E-state index in [0.717, 1.165) is 38.6 Å². The number of likely N-dealkylation sites (tertiary alicyclic amines) is 1. The third kappa shape index (κ3) is 5.00. The van der Waals surface area contributed by atoms with Crippen LogP contribution in [-0.2, 0) is 10.0 Å². The normalized spacial score (nSPS) is 20.9. The molecule has 1 aliphatic heterocycles. The average Bonchev–Trinajstić information content (AvgIpc) is 3.02. The number of nitrogens with zero attached hydrogens (tertiary/aromatic N) is 4. The van der Waals surface area contributed by atoms with Crippen LogP contribution in [0.25, 0.3) is 0 Å².